The topological polar surface area (TPSA) is 101 Å². The smallest absolute Gasteiger partial charge is 0.356 e. The van der Waals surface area contributed by atoms with Crippen LogP contribution in [-0.4, -0.2) is 41.3 Å². The lowest BCUT2D eigenvalue weighted by Gasteiger charge is -2.15. The second kappa shape index (κ2) is 6.33. The molecule has 7 heteroatoms. The van der Waals surface area contributed by atoms with E-state index in [4.69, 9.17) is 9.84 Å². The van der Waals surface area contributed by atoms with Gasteiger partial charge in [-0.1, -0.05) is 0 Å². The van der Waals surface area contributed by atoms with E-state index < -0.39 is 12.0 Å². The van der Waals surface area contributed by atoms with Crippen LogP contribution in [0.15, 0.2) is 18.3 Å². The summed E-state index contributed by atoms with van der Waals surface area (Å²) in [6.07, 6.45) is 2.40. The third-order valence-corrected chi connectivity index (χ3v) is 3.32. The molecule has 1 aromatic heterocycles. The fraction of sp³-hybridized carbons (Fsp3) is 0.462. The molecule has 1 aliphatic heterocycles. The highest BCUT2D eigenvalue weighted by Gasteiger charge is 2.24. The van der Waals surface area contributed by atoms with Gasteiger partial charge in [0.05, 0.1) is 11.8 Å². The maximum Gasteiger partial charge on any atom is 0.356 e. The minimum atomic E-state index is -1.18. The number of aromatic nitrogens is 1. The van der Waals surface area contributed by atoms with Crippen molar-refractivity contribution in [1.82, 2.24) is 10.3 Å². The van der Waals surface area contributed by atoms with Gasteiger partial charge in [-0.2, -0.15) is 0 Å². The minimum absolute atomic E-state index is 0.128. The Hall–Kier alpha value is -2.15. The molecule has 0 spiro atoms. The molecule has 1 saturated heterocycles. The van der Waals surface area contributed by atoms with Crippen LogP contribution in [0.4, 0.5) is 10.5 Å². The summed E-state index contributed by atoms with van der Waals surface area (Å²) in [7, 11) is 0. The Bertz CT molecular complexity index is 506. The van der Waals surface area contributed by atoms with E-state index in [9.17, 15) is 9.59 Å². The van der Waals surface area contributed by atoms with Gasteiger partial charge in [-0.15, -0.1) is 0 Å². The van der Waals surface area contributed by atoms with Crippen molar-refractivity contribution in [2.45, 2.75) is 19.4 Å². The van der Waals surface area contributed by atoms with Crippen molar-refractivity contribution >= 4 is 17.7 Å². The van der Waals surface area contributed by atoms with Crippen molar-refractivity contribution in [2.75, 3.05) is 18.5 Å². The number of carboxylic acid groups (broad SMARTS) is 1. The lowest BCUT2D eigenvalue weighted by molar-refractivity contribution is 0.0691. The van der Waals surface area contributed by atoms with Crippen LogP contribution in [0.5, 0.6) is 0 Å². The van der Waals surface area contributed by atoms with E-state index in [-0.39, 0.29) is 23.4 Å². The first-order valence-electron chi connectivity index (χ1n) is 6.42. The van der Waals surface area contributed by atoms with Crippen molar-refractivity contribution in [3.05, 3.63) is 24.0 Å². The van der Waals surface area contributed by atoms with Gasteiger partial charge in [-0.25, -0.2) is 14.6 Å². The van der Waals surface area contributed by atoms with Crippen molar-refractivity contribution < 1.29 is 19.4 Å². The van der Waals surface area contributed by atoms with Gasteiger partial charge in [0.1, 0.15) is 0 Å². The van der Waals surface area contributed by atoms with Gasteiger partial charge in [0.25, 0.3) is 0 Å². The number of hydrogen-bond acceptors (Lipinski definition) is 4. The quantitative estimate of drug-likeness (QED) is 0.772. The number of ether oxygens (including phenoxy) is 1. The molecule has 2 amide bonds. The molecule has 2 rings (SSSR count). The number of aromatic carboxylic acids is 1. The van der Waals surface area contributed by atoms with E-state index in [0.29, 0.717) is 13.2 Å². The molecule has 20 heavy (non-hydrogen) atoms. The maximum absolute atomic E-state index is 11.8. The van der Waals surface area contributed by atoms with E-state index in [1.54, 1.807) is 6.07 Å². The number of anilines is 1. The molecular weight excluding hydrogens is 262 g/mol. The molecule has 108 valence electrons. The normalized spacial score (nSPS) is 21.4. The molecule has 0 aromatic carbocycles. The molecule has 2 atom stereocenters. The van der Waals surface area contributed by atoms with Crippen LogP contribution in [0.1, 0.15) is 23.8 Å². The summed E-state index contributed by atoms with van der Waals surface area (Å²) >= 11 is 0. The van der Waals surface area contributed by atoms with Crippen LogP contribution in [-0.2, 0) is 4.74 Å². The van der Waals surface area contributed by atoms with E-state index in [0.717, 1.165) is 6.42 Å². The summed E-state index contributed by atoms with van der Waals surface area (Å²) < 4.78 is 5.41. The molecule has 0 bridgehead atoms. The molecular formula is C13H17N3O4. The van der Waals surface area contributed by atoms with Crippen LogP contribution >= 0.6 is 0 Å². The Morgan fingerprint density at radius 1 is 1.55 bits per heavy atom. The number of hydrogen-bond donors (Lipinski definition) is 3. The van der Waals surface area contributed by atoms with Gasteiger partial charge >= 0.3 is 12.0 Å². The van der Waals surface area contributed by atoms with E-state index >= 15 is 0 Å². The summed E-state index contributed by atoms with van der Waals surface area (Å²) in [6, 6.07) is 2.62. The molecule has 0 aliphatic carbocycles. The number of carboxylic acids is 1. The van der Waals surface area contributed by atoms with Gasteiger partial charge in [0, 0.05) is 25.3 Å². The number of nitrogens with zero attached hydrogens (tertiary/aromatic N) is 1. The Kier molecular flexibility index (Phi) is 4.52. The fourth-order valence-electron chi connectivity index (χ4n) is 2.11. The molecule has 1 aromatic rings. The van der Waals surface area contributed by atoms with Crippen molar-refractivity contribution in [3.8, 4) is 0 Å². The third kappa shape index (κ3) is 3.45. The minimum Gasteiger partial charge on any atom is -0.476 e. The van der Waals surface area contributed by atoms with Gasteiger partial charge in [-0.3, -0.25) is 0 Å². The van der Waals surface area contributed by atoms with Crippen molar-refractivity contribution in [2.24, 2.45) is 5.92 Å². The molecule has 2 unspecified atom stereocenters. The summed E-state index contributed by atoms with van der Waals surface area (Å²) in [5.74, 6) is -0.896. The number of pyridine rings is 1. The van der Waals surface area contributed by atoms with Gasteiger partial charge in [0.2, 0.25) is 0 Å². The number of carbonyl (C=O) groups excluding carboxylic acids is 1. The van der Waals surface area contributed by atoms with Gasteiger partial charge in [0.15, 0.2) is 5.69 Å². The molecule has 1 aliphatic rings. The Morgan fingerprint density at radius 3 is 3.00 bits per heavy atom. The standard InChI is InChI=1S/C13H17N3O4/c1-8-9(4-6-20-8)7-15-13(19)16-10-3-2-5-14-11(10)12(17)18/h2-3,5,8-9H,4,6-7H2,1H3,(H,17,18)(H2,15,16,19). The molecule has 3 N–H and O–H groups in total. The van der Waals surface area contributed by atoms with Crippen molar-refractivity contribution in [3.63, 3.8) is 0 Å². The van der Waals surface area contributed by atoms with E-state index in [2.05, 4.69) is 15.6 Å². The predicted molar refractivity (Wildman–Crippen MR) is 71.7 cm³/mol. The van der Waals surface area contributed by atoms with Crippen LogP contribution in [0.2, 0.25) is 0 Å². The van der Waals surface area contributed by atoms with Gasteiger partial charge in [-0.05, 0) is 25.5 Å². The molecule has 1 fully saturated rings. The number of urea groups is 1. The second-order valence-electron chi connectivity index (χ2n) is 4.66. The highest BCUT2D eigenvalue weighted by molar-refractivity contribution is 5.98. The maximum atomic E-state index is 11.8. The zero-order valence-corrected chi connectivity index (χ0v) is 11.1. The van der Waals surface area contributed by atoms with Gasteiger partial charge < -0.3 is 20.5 Å². The zero-order valence-electron chi connectivity index (χ0n) is 11.1. The van der Waals surface area contributed by atoms with Crippen molar-refractivity contribution in [1.29, 1.82) is 0 Å². The van der Waals surface area contributed by atoms with Crippen LogP contribution in [0, 0.1) is 5.92 Å². The second-order valence-corrected chi connectivity index (χ2v) is 4.66. The largest absolute Gasteiger partial charge is 0.476 e. The summed E-state index contributed by atoms with van der Waals surface area (Å²) in [4.78, 5) is 26.4. The first-order valence-corrected chi connectivity index (χ1v) is 6.42. The summed E-state index contributed by atoms with van der Waals surface area (Å²) in [6.45, 7) is 3.18. The summed E-state index contributed by atoms with van der Waals surface area (Å²) in [5, 5.41) is 14.2. The van der Waals surface area contributed by atoms with Crippen LogP contribution < -0.4 is 10.6 Å². The fourth-order valence-corrected chi connectivity index (χ4v) is 2.11. The SMILES string of the molecule is CC1OCCC1CNC(=O)Nc1cccnc1C(=O)O. The highest BCUT2D eigenvalue weighted by atomic mass is 16.5. The lowest BCUT2D eigenvalue weighted by atomic mass is 10.0. The Balaban J connectivity index is 1.90. The summed E-state index contributed by atoms with van der Waals surface area (Å²) in [5.41, 5.74) is -0.00608. The monoisotopic (exact) mass is 279 g/mol. The molecule has 2 heterocycles. The predicted octanol–water partition coefficient (Wildman–Crippen LogP) is 1.33. The van der Waals surface area contributed by atoms with E-state index in [1.165, 1.54) is 12.3 Å². The number of carbonyl (C=O) groups is 2. The number of rotatable bonds is 4. The number of nitrogens with one attached hydrogen (secondary N) is 2. The average molecular weight is 279 g/mol. The third-order valence-electron chi connectivity index (χ3n) is 3.32. The number of amides is 2. The Morgan fingerprint density at radius 2 is 2.35 bits per heavy atom. The Labute approximate surface area is 116 Å². The molecule has 7 nitrogen and oxygen atoms in total. The highest BCUT2D eigenvalue weighted by Crippen LogP contribution is 2.19. The first kappa shape index (κ1) is 14.3. The van der Waals surface area contributed by atoms with Crippen LogP contribution in [0.3, 0.4) is 0 Å². The lowest BCUT2D eigenvalue weighted by Crippen LogP contribution is -2.35. The molecule has 0 radical (unpaired) electrons. The average Bonchev–Trinajstić information content (AvgIpc) is 2.82. The zero-order chi connectivity index (χ0) is 14.5. The van der Waals surface area contributed by atoms with Crippen LogP contribution in [0.25, 0.3) is 0 Å². The molecule has 0 saturated carbocycles. The first-order chi connectivity index (χ1) is 9.58. The van der Waals surface area contributed by atoms with E-state index in [1.807, 2.05) is 6.92 Å².